The summed E-state index contributed by atoms with van der Waals surface area (Å²) in [7, 11) is 0. The lowest BCUT2D eigenvalue weighted by molar-refractivity contribution is -0.384. The number of nitro groups is 1. The minimum Gasteiger partial charge on any atom is -0.362 e. The quantitative estimate of drug-likeness (QED) is 0.408. The Kier molecular flexibility index (Phi) is 6.39. The van der Waals surface area contributed by atoms with E-state index in [1.54, 1.807) is 35.4 Å². The summed E-state index contributed by atoms with van der Waals surface area (Å²) in [5, 5.41) is 12.4. The highest BCUT2D eigenvalue weighted by atomic mass is 35.5. The third kappa shape index (κ3) is 4.81. The van der Waals surface area contributed by atoms with Crippen LogP contribution in [0.15, 0.2) is 76.8 Å². The minimum absolute atomic E-state index is 0.0268. The lowest BCUT2D eigenvalue weighted by Crippen LogP contribution is -2.49. The van der Waals surface area contributed by atoms with Crippen molar-refractivity contribution >= 4 is 40.6 Å². The van der Waals surface area contributed by atoms with Gasteiger partial charge in [0.05, 0.1) is 10.5 Å². The molecule has 1 amide bonds. The summed E-state index contributed by atoms with van der Waals surface area (Å²) in [6.07, 6.45) is 1.68. The summed E-state index contributed by atoms with van der Waals surface area (Å²) >= 11 is 7.38. The number of hydrogen-bond donors (Lipinski definition) is 0. The molecule has 0 N–H and O–H groups in total. The number of aromatic nitrogens is 1. The number of halogens is 1. The Morgan fingerprint density at radius 2 is 1.77 bits per heavy atom. The molecule has 0 aliphatic carbocycles. The first-order valence-electron chi connectivity index (χ1n) is 9.69. The van der Waals surface area contributed by atoms with E-state index >= 15 is 0 Å². The average molecular weight is 455 g/mol. The van der Waals surface area contributed by atoms with Crippen LogP contribution in [0, 0.1) is 10.1 Å². The van der Waals surface area contributed by atoms with Crippen LogP contribution in [0.3, 0.4) is 0 Å². The fraction of sp³-hybridized carbons (Fsp3) is 0.182. The highest BCUT2D eigenvalue weighted by Crippen LogP contribution is 2.32. The molecule has 2 heterocycles. The van der Waals surface area contributed by atoms with Crippen molar-refractivity contribution < 1.29 is 9.72 Å². The number of rotatable bonds is 5. The van der Waals surface area contributed by atoms with Crippen molar-refractivity contribution in [2.24, 2.45) is 0 Å². The zero-order valence-corrected chi connectivity index (χ0v) is 18.1. The zero-order valence-electron chi connectivity index (χ0n) is 16.5. The van der Waals surface area contributed by atoms with E-state index in [0.29, 0.717) is 47.5 Å². The standard InChI is InChI=1S/C22H19ClN4O3S/c23-16-8-9-19(20(15-16)27(29)30)25-11-13-26(14-12-25)22(28)18-7-4-10-24-21(18)31-17-5-2-1-3-6-17/h1-10,15H,11-14H2. The fourth-order valence-corrected chi connectivity index (χ4v) is 4.53. The van der Waals surface area contributed by atoms with E-state index < -0.39 is 4.92 Å². The van der Waals surface area contributed by atoms with Crippen molar-refractivity contribution in [2.75, 3.05) is 31.1 Å². The summed E-state index contributed by atoms with van der Waals surface area (Å²) < 4.78 is 0. The smallest absolute Gasteiger partial charge is 0.294 e. The SMILES string of the molecule is O=C(c1cccnc1Sc1ccccc1)N1CCN(c2ccc(Cl)cc2[N+](=O)[O-])CC1. The number of carbonyl (C=O) groups excluding carboxylic acids is 1. The molecule has 1 aliphatic rings. The normalized spacial score (nSPS) is 13.8. The van der Waals surface area contributed by atoms with E-state index in [9.17, 15) is 14.9 Å². The number of benzene rings is 2. The van der Waals surface area contributed by atoms with E-state index in [1.165, 1.54) is 17.8 Å². The fourth-order valence-electron chi connectivity index (χ4n) is 3.47. The van der Waals surface area contributed by atoms with Gasteiger partial charge >= 0.3 is 0 Å². The second kappa shape index (κ2) is 9.36. The van der Waals surface area contributed by atoms with Gasteiger partial charge in [0.25, 0.3) is 11.6 Å². The summed E-state index contributed by atoms with van der Waals surface area (Å²) in [5.41, 5.74) is 1.05. The summed E-state index contributed by atoms with van der Waals surface area (Å²) in [5.74, 6) is -0.0863. The van der Waals surface area contributed by atoms with E-state index in [0.717, 1.165) is 4.90 Å². The highest BCUT2D eigenvalue weighted by molar-refractivity contribution is 7.99. The molecular weight excluding hydrogens is 436 g/mol. The Morgan fingerprint density at radius 3 is 2.48 bits per heavy atom. The van der Waals surface area contributed by atoms with Crippen molar-refractivity contribution in [3.05, 3.63) is 87.6 Å². The highest BCUT2D eigenvalue weighted by Gasteiger charge is 2.27. The van der Waals surface area contributed by atoms with Crippen molar-refractivity contribution in [1.82, 2.24) is 9.88 Å². The molecule has 9 heteroatoms. The van der Waals surface area contributed by atoms with Gasteiger partial charge in [-0.15, -0.1) is 0 Å². The first-order valence-corrected chi connectivity index (χ1v) is 10.9. The lowest BCUT2D eigenvalue weighted by atomic mass is 10.2. The van der Waals surface area contributed by atoms with Gasteiger partial charge in [-0.05, 0) is 36.4 Å². The molecule has 1 fully saturated rings. The number of hydrogen-bond acceptors (Lipinski definition) is 6. The van der Waals surface area contributed by atoms with Crippen LogP contribution in [-0.4, -0.2) is 46.9 Å². The van der Waals surface area contributed by atoms with Crippen LogP contribution in [0.25, 0.3) is 0 Å². The van der Waals surface area contributed by atoms with Crippen molar-refractivity contribution in [3.8, 4) is 0 Å². The van der Waals surface area contributed by atoms with Crippen molar-refractivity contribution in [1.29, 1.82) is 0 Å². The maximum atomic E-state index is 13.2. The summed E-state index contributed by atoms with van der Waals surface area (Å²) in [4.78, 5) is 33.3. The molecule has 0 bridgehead atoms. The molecule has 0 unspecified atom stereocenters. The number of pyridine rings is 1. The number of piperazine rings is 1. The predicted molar refractivity (Wildman–Crippen MR) is 121 cm³/mol. The molecule has 1 saturated heterocycles. The van der Waals surface area contributed by atoms with Crippen LogP contribution >= 0.6 is 23.4 Å². The molecule has 3 aromatic rings. The van der Waals surface area contributed by atoms with Gasteiger partial charge in [-0.2, -0.15) is 0 Å². The Balaban J connectivity index is 1.48. The number of carbonyl (C=O) groups is 1. The van der Waals surface area contributed by atoms with Crippen LogP contribution < -0.4 is 4.90 Å². The van der Waals surface area contributed by atoms with Gasteiger partial charge in [0.2, 0.25) is 0 Å². The molecule has 4 rings (SSSR count). The first kappa shape index (κ1) is 21.1. The van der Waals surface area contributed by atoms with Crippen LogP contribution in [0.1, 0.15) is 10.4 Å². The minimum atomic E-state index is -0.429. The Morgan fingerprint density at radius 1 is 1.03 bits per heavy atom. The molecule has 0 radical (unpaired) electrons. The summed E-state index contributed by atoms with van der Waals surface area (Å²) in [6.45, 7) is 1.91. The lowest BCUT2D eigenvalue weighted by Gasteiger charge is -2.36. The first-order chi connectivity index (χ1) is 15.0. The van der Waals surface area contributed by atoms with E-state index in [-0.39, 0.29) is 11.6 Å². The molecule has 158 valence electrons. The van der Waals surface area contributed by atoms with Gasteiger partial charge in [0, 0.05) is 48.4 Å². The third-order valence-electron chi connectivity index (χ3n) is 5.00. The third-order valence-corrected chi connectivity index (χ3v) is 6.26. The molecule has 31 heavy (non-hydrogen) atoms. The number of nitrogens with zero attached hydrogens (tertiary/aromatic N) is 4. The predicted octanol–water partition coefficient (Wildman–Crippen LogP) is 4.76. The van der Waals surface area contributed by atoms with Crippen molar-refractivity contribution in [2.45, 2.75) is 9.92 Å². The summed E-state index contributed by atoms with van der Waals surface area (Å²) in [6, 6.07) is 18.0. The van der Waals surface area contributed by atoms with Gasteiger partial charge in [0.1, 0.15) is 10.7 Å². The molecule has 0 spiro atoms. The molecule has 1 aromatic heterocycles. The molecule has 1 aliphatic heterocycles. The molecule has 0 saturated carbocycles. The monoisotopic (exact) mass is 454 g/mol. The maximum Gasteiger partial charge on any atom is 0.294 e. The maximum absolute atomic E-state index is 13.2. The second-order valence-corrected chi connectivity index (χ2v) is 8.44. The molecule has 2 aromatic carbocycles. The Bertz CT molecular complexity index is 1100. The van der Waals surface area contributed by atoms with Gasteiger partial charge in [0.15, 0.2) is 0 Å². The molecule has 7 nitrogen and oxygen atoms in total. The topological polar surface area (TPSA) is 79.6 Å². The number of nitro benzene ring substituents is 1. The van der Waals surface area contributed by atoms with Gasteiger partial charge in [-0.3, -0.25) is 14.9 Å². The van der Waals surface area contributed by atoms with E-state index in [2.05, 4.69) is 4.98 Å². The second-order valence-electron chi connectivity index (χ2n) is 6.94. The van der Waals surface area contributed by atoms with Crippen LogP contribution in [-0.2, 0) is 0 Å². The van der Waals surface area contributed by atoms with Crippen molar-refractivity contribution in [3.63, 3.8) is 0 Å². The van der Waals surface area contributed by atoms with Gasteiger partial charge in [-0.25, -0.2) is 4.98 Å². The van der Waals surface area contributed by atoms with Crippen LogP contribution in [0.2, 0.25) is 5.02 Å². The van der Waals surface area contributed by atoms with Gasteiger partial charge in [-0.1, -0.05) is 41.6 Å². The Hall–Kier alpha value is -3.10. The molecule has 0 atom stereocenters. The largest absolute Gasteiger partial charge is 0.362 e. The average Bonchev–Trinajstić information content (AvgIpc) is 2.80. The zero-order chi connectivity index (χ0) is 21.8. The Labute approximate surface area is 188 Å². The van der Waals surface area contributed by atoms with E-state index in [1.807, 2.05) is 35.2 Å². The van der Waals surface area contributed by atoms with Crippen LogP contribution in [0.5, 0.6) is 0 Å². The molecular formula is C22H19ClN4O3S. The van der Waals surface area contributed by atoms with Gasteiger partial charge < -0.3 is 9.80 Å². The van der Waals surface area contributed by atoms with Crippen LogP contribution in [0.4, 0.5) is 11.4 Å². The number of anilines is 1. The number of amides is 1. The van der Waals surface area contributed by atoms with E-state index in [4.69, 9.17) is 11.6 Å².